The maximum atomic E-state index is 13.6. The number of carboxylic acids is 1. The lowest BCUT2D eigenvalue weighted by Crippen LogP contribution is -2.04. The fourth-order valence-electron chi connectivity index (χ4n) is 1.98. The van der Waals surface area contributed by atoms with E-state index in [2.05, 4.69) is 5.32 Å². The van der Waals surface area contributed by atoms with E-state index in [0.717, 1.165) is 11.3 Å². The summed E-state index contributed by atoms with van der Waals surface area (Å²) in [6.07, 6.45) is 0. The van der Waals surface area contributed by atoms with Gasteiger partial charge in [0.25, 0.3) is 0 Å². The molecule has 2 N–H and O–H groups in total. The second-order valence-electron chi connectivity index (χ2n) is 4.61. The van der Waals surface area contributed by atoms with E-state index in [9.17, 15) is 9.18 Å². The molecule has 0 saturated heterocycles. The number of carbonyl (C=O) groups is 1. The Morgan fingerprint density at radius 2 is 2.05 bits per heavy atom. The van der Waals surface area contributed by atoms with Gasteiger partial charge < -0.3 is 15.2 Å². The largest absolute Gasteiger partial charge is 0.478 e. The highest BCUT2D eigenvalue weighted by atomic mass is 19.1. The molecule has 110 valence electrons. The second kappa shape index (κ2) is 6.85. The number of hydrogen-bond acceptors (Lipinski definition) is 3. The molecular formula is C16H16FNO3. The Morgan fingerprint density at radius 1 is 1.24 bits per heavy atom. The SMILES string of the molecule is COCc1cccc(NCc2ccc(C(=O)O)c(F)c2)c1. The quantitative estimate of drug-likeness (QED) is 0.856. The first-order valence-corrected chi connectivity index (χ1v) is 6.43. The molecule has 21 heavy (non-hydrogen) atoms. The second-order valence-corrected chi connectivity index (χ2v) is 4.61. The molecule has 0 atom stereocenters. The van der Waals surface area contributed by atoms with Crippen molar-refractivity contribution >= 4 is 11.7 Å². The van der Waals surface area contributed by atoms with Gasteiger partial charge in [0.15, 0.2) is 0 Å². The summed E-state index contributed by atoms with van der Waals surface area (Å²) in [6.45, 7) is 0.935. The van der Waals surface area contributed by atoms with Crippen LogP contribution < -0.4 is 5.32 Å². The summed E-state index contributed by atoms with van der Waals surface area (Å²) in [7, 11) is 1.63. The average molecular weight is 289 g/mol. The minimum atomic E-state index is -1.26. The van der Waals surface area contributed by atoms with Gasteiger partial charge in [-0.15, -0.1) is 0 Å². The summed E-state index contributed by atoms with van der Waals surface area (Å²) in [6, 6.07) is 11.8. The van der Waals surface area contributed by atoms with Crippen molar-refractivity contribution in [3.8, 4) is 0 Å². The van der Waals surface area contributed by atoms with Crippen LogP contribution in [0.15, 0.2) is 42.5 Å². The van der Waals surface area contributed by atoms with Gasteiger partial charge in [0.1, 0.15) is 5.82 Å². The fraction of sp³-hybridized carbons (Fsp3) is 0.188. The van der Waals surface area contributed by atoms with Crippen LogP contribution >= 0.6 is 0 Å². The van der Waals surface area contributed by atoms with Crippen LogP contribution in [-0.2, 0) is 17.9 Å². The van der Waals surface area contributed by atoms with Crippen molar-refractivity contribution in [3.05, 3.63) is 65.0 Å². The third-order valence-corrected chi connectivity index (χ3v) is 3.00. The van der Waals surface area contributed by atoms with Crippen LogP contribution in [0.25, 0.3) is 0 Å². The number of methoxy groups -OCH3 is 1. The van der Waals surface area contributed by atoms with E-state index in [4.69, 9.17) is 9.84 Å². The predicted octanol–water partition coefficient (Wildman–Crippen LogP) is 3.28. The lowest BCUT2D eigenvalue weighted by molar-refractivity contribution is 0.0692. The van der Waals surface area contributed by atoms with Crippen molar-refractivity contribution < 1.29 is 19.0 Å². The van der Waals surface area contributed by atoms with Crippen molar-refractivity contribution in [3.63, 3.8) is 0 Å². The first-order chi connectivity index (χ1) is 10.1. The predicted molar refractivity (Wildman–Crippen MR) is 77.8 cm³/mol. The Hall–Kier alpha value is -2.40. The van der Waals surface area contributed by atoms with Crippen LogP contribution in [0.2, 0.25) is 0 Å². The molecule has 0 aromatic heterocycles. The van der Waals surface area contributed by atoms with Gasteiger partial charge in [-0.2, -0.15) is 0 Å². The van der Waals surface area contributed by atoms with E-state index in [-0.39, 0.29) is 5.56 Å². The van der Waals surface area contributed by atoms with E-state index < -0.39 is 11.8 Å². The average Bonchev–Trinajstić information content (AvgIpc) is 2.45. The fourth-order valence-corrected chi connectivity index (χ4v) is 1.98. The highest BCUT2D eigenvalue weighted by molar-refractivity contribution is 5.87. The number of halogens is 1. The molecule has 0 unspecified atom stereocenters. The number of anilines is 1. The first kappa shape index (κ1) is 15.0. The van der Waals surface area contributed by atoms with Crippen LogP contribution in [0, 0.1) is 5.82 Å². The lowest BCUT2D eigenvalue weighted by atomic mass is 10.1. The molecule has 0 aliphatic carbocycles. The smallest absolute Gasteiger partial charge is 0.338 e. The molecule has 0 heterocycles. The molecule has 0 bridgehead atoms. The summed E-state index contributed by atoms with van der Waals surface area (Å²) < 4.78 is 18.6. The molecule has 0 saturated carbocycles. The molecule has 4 nitrogen and oxygen atoms in total. The molecule has 0 aliphatic rings. The Kier molecular flexibility index (Phi) is 4.90. The molecule has 0 fully saturated rings. The van der Waals surface area contributed by atoms with Crippen molar-refractivity contribution in [2.75, 3.05) is 12.4 Å². The lowest BCUT2D eigenvalue weighted by Gasteiger charge is -2.09. The van der Waals surface area contributed by atoms with Gasteiger partial charge in [-0.3, -0.25) is 0 Å². The van der Waals surface area contributed by atoms with E-state index in [1.165, 1.54) is 12.1 Å². The molecule has 0 radical (unpaired) electrons. The highest BCUT2D eigenvalue weighted by Gasteiger charge is 2.10. The minimum absolute atomic E-state index is 0.319. The van der Waals surface area contributed by atoms with Gasteiger partial charge in [-0.05, 0) is 35.4 Å². The Balaban J connectivity index is 2.04. The maximum Gasteiger partial charge on any atom is 0.338 e. The Morgan fingerprint density at radius 3 is 2.71 bits per heavy atom. The summed E-state index contributed by atoms with van der Waals surface area (Å²) in [5.74, 6) is -1.99. The third kappa shape index (κ3) is 4.03. The number of aromatic carboxylic acids is 1. The van der Waals surface area contributed by atoms with E-state index in [1.807, 2.05) is 24.3 Å². The van der Waals surface area contributed by atoms with E-state index in [1.54, 1.807) is 13.2 Å². The van der Waals surface area contributed by atoms with E-state index >= 15 is 0 Å². The van der Waals surface area contributed by atoms with Crippen LogP contribution in [-0.4, -0.2) is 18.2 Å². The van der Waals surface area contributed by atoms with Gasteiger partial charge in [-0.1, -0.05) is 18.2 Å². The summed E-state index contributed by atoms with van der Waals surface area (Å²) in [5, 5.41) is 11.9. The van der Waals surface area contributed by atoms with Crippen LogP contribution in [0.4, 0.5) is 10.1 Å². The first-order valence-electron chi connectivity index (χ1n) is 6.43. The van der Waals surface area contributed by atoms with Gasteiger partial charge in [0, 0.05) is 19.3 Å². The molecule has 0 aliphatic heterocycles. The van der Waals surface area contributed by atoms with Crippen molar-refractivity contribution in [2.45, 2.75) is 13.2 Å². The monoisotopic (exact) mass is 289 g/mol. The summed E-state index contributed by atoms with van der Waals surface area (Å²) in [5.41, 5.74) is 2.29. The van der Waals surface area contributed by atoms with Crippen molar-refractivity contribution in [1.82, 2.24) is 0 Å². The molecule has 2 rings (SSSR count). The third-order valence-electron chi connectivity index (χ3n) is 3.00. The molecule has 0 spiro atoms. The summed E-state index contributed by atoms with van der Waals surface area (Å²) >= 11 is 0. The maximum absolute atomic E-state index is 13.6. The zero-order valence-corrected chi connectivity index (χ0v) is 11.6. The van der Waals surface area contributed by atoms with Gasteiger partial charge in [0.05, 0.1) is 12.2 Å². The number of carboxylic acid groups (broad SMARTS) is 1. The Labute approximate surface area is 122 Å². The minimum Gasteiger partial charge on any atom is -0.478 e. The zero-order valence-electron chi connectivity index (χ0n) is 11.6. The topological polar surface area (TPSA) is 58.6 Å². The zero-order chi connectivity index (χ0) is 15.2. The van der Waals surface area contributed by atoms with Crippen LogP contribution in [0.1, 0.15) is 21.5 Å². The molecule has 5 heteroatoms. The number of rotatable bonds is 6. The van der Waals surface area contributed by atoms with Crippen LogP contribution in [0.3, 0.4) is 0 Å². The van der Waals surface area contributed by atoms with Gasteiger partial charge >= 0.3 is 5.97 Å². The summed E-state index contributed by atoms with van der Waals surface area (Å²) in [4.78, 5) is 10.7. The molecular weight excluding hydrogens is 273 g/mol. The number of benzene rings is 2. The normalized spacial score (nSPS) is 10.4. The molecule has 2 aromatic carbocycles. The number of ether oxygens (including phenoxy) is 1. The van der Waals surface area contributed by atoms with Crippen molar-refractivity contribution in [1.29, 1.82) is 0 Å². The van der Waals surface area contributed by atoms with E-state index in [0.29, 0.717) is 18.7 Å². The van der Waals surface area contributed by atoms with Gasteiger partial charge in [-0.25, -0.2) is 9.18 Å². The highest BCUT2D eigenvalue weighted by Crippen LogP contribution is 2.15. The standard InChI is InChI=1S/C16H16FNO3/c1-21-10-12-3-2-4-13(7-12)18-9-11-5-6-14(16(19)20)15(17)8-11/h2-8,18H,9-10H2,1H3,(H,19,20). The number of hydrogen-bond donors (Lipinski definition) is 2. The molecule has 2 aromatic rings. The van der Waals surface area contributed by atoms with Gasteiger partial charge in [0.2, 0.25) is 0 Å². The molecule has 0 amide bonds. The van der Waals surface area contributed by atoms with Crippen LogP contribution in [0.5, 0.6) is 0 Å². The Bertz CT molecular complexity index is 643. The number of nitrogens with one attached hydrogen (secondary N) is 1. The van der Waals surface area contributed by atoms with Crippen molar-refractivity contribution in [2.24, 2.45) is 0 Å².